The zero-order valence-corrected chi connectivity index (χ0v) is 12.9. The number of nitrogens with one attached hydrogen (secondary N) is 1. The van der Waals surface area contributed by atoms with Crippen molar-refractivity contribution >= 4 is 28.2 Å². The number of H-pyrrole nitrogens is 1. The van der Waals surface area contributed by atoms with Crippen LogP contribution in [0.4, 0.5) is 11.4 Å². The maximum Gasteiger partial charge on any atom is 0.335 e. The van der Waals surface area contributed by atoms with E-state index in [9.17, 15) is 9.90 Å². The average molecular weight is 325 g/mol. The zero-order chi connectivity index (χ0) is 17.1. The third-order valence-electron chi connectivity index (χ3n) is 3.39. The first-order valence-electron chi connectivity index (χ1n) is 7.31. The molecule has 7 nitrogen and oxygen atoms in total. The normalized spacial score (nSPS) is 11.2. The van der Waals surface area contributed by atoms with Gasteiger partial charge >= 0.3 is 5.97 Å². The fourth-order valence-electron chi connectivity index (χ4n) is 2.31. The summed E-state index contributed by atoms with van der Waals surface area (Å²) >= 11 is 0. The quantitative estimate of drug-likeness (QED) is 0.605. The third-order valence-corrected chi connectivity index (χ3v) is 3.39. The predicted molar refractivity (Wildman–Crippen MR) is 88.7 cm³/mol. The van der Waals surface area contributed by atoms with Crippen LogP contribution in [0.25, 0.3) is 10.9 Å². The molecule has 3 rings (SSSR count). The molecular formula is C17H15N3O4. The van der Waals surface area contributed by atoms with E-state index >= 15 is 0 Å². The highest BCUT2D eigenvalue weighted by molar-refractivity contribution is 5.95. The Hall–Kier alpha value is -3.35. The van der Waals surface area contributed by atoms with Gasteiger partial charge in [-0.1, -0.05) is 6.07 Å². The summed E-state index contributed by atoms with van der Waals surface area (Å²) in [7, 11) is 0. The molecule has 1 aromatic heterocycles. The Labute approximate surface area is 137 Å². The van der Waals surface area contributed by atoms with Gasteiger partial charge in [0.25, 0.3) is 0 Å². The number of rotatable bonds is 5. The molecule has 1 heterocycles. The van der Waals surface area contributed by atoms with Crippen molar-refractivity contribution in [1.82, 2.24) is 4.98 Å². The topological polar surface area (TPSA) is 107 Å². The van der Waals surface area contributed by atoms with E-state index in [4.69, 9.17) is 9.84 Å². The molecule has 0 aliphatic carbocycles. The second kappa shape index (κ2) is 6.41. The van der Waals surface area contributed by atoms with Crippen LogP contribution in [0.3, 0.4) is 0 Å². The van der Waals surface area contributed by atoms with E-state index in [1.165, 1.54) is 12.1 Å². The minimum absolute atomic E-state index is 0.114. The van der Waals surface area contributed by atoms with Crippen molar-refractivity contribution in [3.05, 3.63) is 48.0 Å². The molecule has 3 aromatic rings. The van der Waals surface area contributed by atoms with Crippen LogP contribution in [-0.4, -0.2) is 27.8 Å². The summed E-state index contributed by atoms with van der Waals surface area (Å²) in [4.78, 5) is 13.8. The lowest BCUT2D eigenvalue weighted by Crippen LogP contribution is -1.94. The van der Waals surface area contributed by atoms with Gasteiger partial charge in [-0.2, -0.15) is 5.11 Å². The van der Waals surface area contributed by atoms with Crippen LogP contribution in [0.1, 0.15) is 17.3 Å². The molecule has 0 saturated heterocycles. The lowest BCUT2D eigenvalue weighted by Gasteiger charge is -2.02. The van der Waals surface area contributed by atoms with Crippen molar-refractivity contribution in [3.8, 4) is 11.6 Å². The third kappa shape index (κ3) is 3.05. The van der Waals surface area contributed by atoms with Crippen LogP contribution in [0.2, 0.25) is 0 Å². The number of aromatic carboxylic acids is 1. The van der Waals surface area contributed by atoms with Gasteiger partial charge in [-0.3, -0.25) is 0 Å². The van der Waals surface area contributed by atoms with Crippen molar-refractivity contribution in [2.45, 2.75) is 6.92 Å². The first-order valence-corrected chi connectivity index (χ1v) is 7.31. The highest BCUT2D eigenvalue weighted by atomic mass is 16.5. The average Bonchev–Trinajstić information content (AvgIpc) is 2.88. The van der Waals surface area contributed by atoms with Crippen molar-refractivity contribution in [2.75, 3.05) is 6.61 Å². The number of ether oxygens (including phenoxy) is 1. The molecule has 122 valence electrons. The second-order valence-corrected chi connectivity index (χ2v) is 5.02. The minimum atomic E-state index is -1.04. The number of carboxylic acids is 1. The lowest BCUT2D eigenvalue weighted by atomic mass is 10.2. The highest BCUT2D eigenvalue weighted by Crippen LogP contribution is 2.38. The summed E-state index contributed by atoms with van der Waals surface area (Å²) < 4.78 is 5.45. The number of nitrogens with zero attached hydrogens (tertiary/aromatic N) is 2. The number of fused-ring (bicyclic) bond motifs is 1. The van der Waals surface area contributed by atoms with Crippen LogP contribution in [-0.2, 0) is 0 Å². The maximum absolute atomic E-state index is 11.0. The molecule has 0 unspecified atom stereocenters. The number of aromatic hydroxyl groups is 1. The molecular weight excluding hydrogens is 310 g/mol. The van der Waals surface area contributed by atoms with Crippen molar-refractivity contribution in [2.24, 2.45) is 10.2 Å². The smallest absolute Gasteiger partial charge is 0.335 e. The molecule has 0 amide bonds. The van der Waals surface area contributed by atoms with E-state index in [0.29, 0.717) is 28.9 Å². The van der Waals surface area contributed by atoms with E-state index < -0.39 is 5.97 Å². The number of hydrogen-bond acceptors (Lipinski definition) is 5. The van der Waals surface area contributed by atoms with E-state index in [0.717, 1.165) is 0 Å². The Morgan fingerprint density at radius 1 is 1.21 bits per heavy atom. The van der Waals surface area contributed by atoms with E-state index in [1.807, 2.05) is 6.92 Å². The number of azo groups is 1. The van der Waals surface area contributed by atoms with Gasteiger partial charge in [-0.15, -0.1) is 5.11 Å². The van der Waals surface area contributed by atoms with Crippen molar-refractivity contribution in [1.29, 1.82) is 0 Å². The molecule has 0 aliphatic rings. The minimum Gasteiger partial charge on any atom is -0.494 e. The van der Waals surface area contributed by atoms with Gasteiger partial charge in [-0.05, 0) is 43.3 Å². The molecule has 2 aromatic carbocycles. The number of aromatic amines is 1. The largest absolute Gasteiger partial charge is 0.494 e. The SMILES string of the molecule is CCOc1ccc2[nH]c(O)c(N=Nc3cccc(C(=O)O)c3)c2c1. The fourth-order valence-corrected chi connectivity index (χ4v) is 2.31. The molecule has 24 heavy (non-hydrogen) atoms. The van der Waals surface area contributed by atoms with Crippen molar-refractivity contribution in [3.63, 3.8) is 0 Å². The monoisotopic (exact) mass is 325 g/mol. The Bertz CT molecular complexity index is 931. The molecule has 0 saturated carbocycles. The Morgan fingerprint density at radius 3 is 2.79 bits per heavy atom. The first kappa shape index (κ1) is 15.5. The number of carboxylic acid groups (broad SMARTS) is 1. The molecule has 0 radical (unpaired) electrons. The molecule has 7 heteroatoms. The molecule has 3 N–H and O–H groups in total. The van der Waals surface area contributed by atoms with Gasteiger partial charge in [0.15, 0.2) is 5.69 Å². The van der Waals surface area contributed by atoms with E-state index in [2.05, 4.69) is 15.2 Å². The second-order valence-electron chi connectivity index (χ2n) is 5.02. The van der Waals surface area contributed by atoms with Gasteiger partial charge in [0.1, 0.15) is 5.75 Å². The van der Waals surface area contributed by atoms with Crippen molar-refractivity contribution < 1.29 is 19.7 Å². The number of benzene rings is 2. The molecule has 0 fully saturated rings. The standard InChI is InChI=1S/C17H15N3O4/c1-2-24-12-6-7-14-13(9-12)15(16(21)18-14)20-19-11-5-3-4-10(8-11)17(22)23/h3-9,18,21H,2H2,1H3,(H,22,23). The summed E-state index contributed by atoms with van der Waals surface area (Å²) in [6.07, 6.45) is 0. The summed E-state index contributed by atoms with van der Waals surface area (Å²) in [6.45, 7) is 2.41. The maximum atomic E-state index is 11.0. The van der Waals surface area contributed by atoms with Crippen LogP contribution < -0.4 is 4.74 Å². The summed E-state index contributed by atoms with van der Waals surface area (Å²) in [5.74, 6) is -0.492. The van der Waals surface area contributed by atoms with Crippen LogP contribution in [0.5, 0.6) is 11.6 Å². The number of hydrogen-bond donors (Lipinski definition) is 3. The van der Waals surface area contributed by atoms with Crippen LogP contribution in [0.15, 0.2) is 52.7 Å². The van der Waals surface area contributed by atoms with Gasteiger partial charge in [0.05, 0.1) is 23.4 Å². The van der Waals surface area contributed by atoms with Crippen LogP contribution >= 0.6 is 0 Å². The lowest BCUT2D eigenvalue weighted by molar-refractivity contribution is 0.0697. The summed E-state index contributed by atoms with van der Waals surface area (Å²) in [5.41, 5.74) is 1.47. The van der Waals surface area contributed by atoms with Gasteiger partial charge in [0, 0.05) is 5.39 Å². The molecule has 0 atom stereocenters. The van der Waals surface area contributed by atoms with Crippen LogP contribution in [0, 0.1) is 0 Å². The van der Waals surface area contributed by atoms with E-state index in [1.54, 1.807) is 30.3 Å². The van der Waals surface area contributed by atoms with Gasteiger partial charge in [-0.25, -0.2) is 4.79 Å². The molecule has 0 bridgehead atoms. The Balaban J connectivity index is 1.99. The fraction of sp³-hybridized carbons (Fsp3) is 0.118. The molecule has 0 aliphatic heterocycles. The Kier molecular flexibility index (Phi) is 4.15. The van der Waals surface area contributed by atoms with E-state index in [-0.39, 0.29) is 17.1 Å². The highest BCUT2D eigenvalue weighted by Gasteiger charge is 2.11. The zero-order valence-electron chi connectivity index (χ0n) is 12.9. The number of aromatic nitrogens is 1. The van der Waals surface area contributed by atoms with Gasteiger partial charge < -0.3 is 19.9 Å². The summed E-state index contributed by atoms with van der Waals surface area (Å²) in [5, 5.41) is 27.8. The molecule has 0 spiro atoms. The predicted octanol–water partition coefficient (Wildman–Crippen LogP) is 4.39. The van der Waals surface area contributed by atoms with Gasteiger partial charge in [0.2, 0.25) is 5.88 Å². The first-order chi connectivity index (χ1) is 11.6. The number of carbonyl (C=O) groups is 1. The summed E-state index contributed by atoms with van der Waals surface area (Å²) in [6, 6.07) is 11.4. The Morgan fingerprint density at radius 2 is 2.04 bits per heavy atom.